The lowest BCUT2D eigenvalue weighted by atomic mass is 9.83. The minimum atomic E-state index is -4.76. The van der Waals surface area contributed by atoms with E-state index in [1.165, 1.54) is 7.05 Å². The number of ether oxygens (including phenoxy) is 1. The van der Waals surface area contributed by atoms with E-state index < -0.39 is 24.1 Å². The summed E-state index contributed by atoms with van der Waals surface area (Å²) in [5.74, 6) is -1.30. The molecule has 2 aromatic rings. The van der Waals surface area contributed by atoms with Gasteiger partial charge in [0.05, 0.1) is 18.5 Å². The number of rotatable bonds is 2. The smallest absolute Gasteiger partial charge is 0.417 e. The average molecular weight is 364 g/mol. The lowest BCUT2D eigenvalue weighted by Crippen LogP contribution is -2.66. The van der Waals surface area contributed by atoms with Gasteiger partial charge in [0, 0.05) is 18.5 Å². The first-order chi connectivity index (χ1) is 12.2. The molecule has 138 valence electrons. The Bertz CT molecular complexity index is 834. The number of alkyl halides is 3. The van der Waals surface area contributed by atoms with Crippen molar-refractivity contribution in [2.75, 3.05) is 14.2 Å². The van der Waals surface area contributed by atoms with Crippen LogP contribution in [-0.2, 0) is 22.5 Å². The van der Waals surface area contributed by atoms with E-state index in [9.17, 15) is 18.0 Å². The van der Waals surface area contributed by atoms with Crippen molar-refractivity contribution in [1.82, 2.24) is 9.88 Å². The number of carbonyl (C=O) groups excluding carboxylic acids is 1. The van der Waals surface area contributed by atoms with Crippen molar-refractivity contribution in [3.05, 3.63) is 53.2 Å². The molecule has 1 atom stereocenters. The van der Waals surface area contributed by atoms with Gasteiger partial charge in [-0.1, -0.05) is 35.9 Å². The molecule has 0 fully saturated rings. The molecule has 26 heavy (non-hydrogen) atoms. The summed E-state index contributed by atoms with van der Waals surface area (Å²) in [4.78, 5) is 17.6. The first-order valence-electron chi connectivity index (χ1n) is 8.11. The summed E-state index contributed by atoms with van der Waals surface area (Å²) in [6.07, 6.45) is -5.28. The van der Waals surface area contributed by atoms with E-state index >= 15 is 0 Å². The molecule has 1 aliphatic rings. The minimum Gasteiger partial charge on any atom is -0.467 e. The number of aromatic nitrogens is 1. The fraction of sp³-hybridized carbons (Fsp3) is 0.368. The van der Waals surface area contributed by atoms with Crippen molar-refractivity contribution < 1.29 is 22.7 Å². The van der Waals surface area contributed by atoms with Gasteiger partial charge in [-0.05, 0) is 25.6 Å². The number of halogens is 3. The van der Waals surface area contributed by atoms with Crippen LogP contribution in [0.3, 0.4) is 0 Å². The van der Waals surface area contributed by atoms with Crippen LogP contribution in [0.15, 0.2) is 36.4 Å². The number of hydrogen-bond acceptors (Lipinski definition) is 4. The number of pyridine rings is 1. The molecule has 0 amide bonds. The van der Waals surface area contributed by atoms with E-state index in [0.29, 0.717) is 17.0 Å². The Morgan fingerprint density at radius 2 is 1.85 bits per heavy atom. The number of esters is 1. The fourth-order valence-electron chi connectivity index (χ4n) is 3.31. The quantitative estimate of drug-likeness (QED) is 0.765. The van der Waals surface area contributed by atoms with Crippen LogP contribution >= 0.6 is 0 Å². The Morgan fingerprint density at radius 3 is 2.42 bits per heavy atom. The van der Waals surface area contributed by atoms with Gasteiger partial charge < -0.3 is 4.74 Å². The molecular weight excluding hydrogens is 345 g/mol. The predicted octanol–water partition coefficient (Wildman–Crippen LogP) is 3.52. The Hall–Kier alpha value is -2.41. The highest BCUT2D eigenvalue weighted by Gasteiger charge is 2.65. The van der Waals surface area contributed by atoms with E-state index in [0.717, 1.165) is 23.1 Å². The number of fused-ring (bicyclic) bond motifs is 1. The predicted molar refractivity (Wildman–Crippen MR) is 90.4 cm³/mol. The highest BCUT2D eigenvalue weighted by molar-refractivity contribution is 5.83. The maximum atomic E-state index is 13.8. The van der Waals surface area contributed by atoms with Crippen LogP contribution in [0.2, 0.25) is 0 Å². The first-order valence-corrected chi connectivity index (χ1v) is 8.11. The highest BCUT2D eigenvalue weighted by Crippen LogP contribution is 2.42. The van der Waals surface area contributed by atoms with Crippen molar-refractivity contribution in [3.63, 3.8) is 0 Å². The first kappa shape index (κ1) is 18.4. The number of carbonyl (C=O) groups is 1. The summed E-state index contributed by atoms with van der Waals surface area (Å²) >= 11 is 0. The number of methoxy groups -OCH3 is 1. The zero-order valence-electron chi connectivity index (χ0n) is 14.7. The Labute approximate surface area is 149 Å². The molecule has 1 aromatic heterocycles. The lowest BCUT2D eigenvalue weighted by molar-refractivity contribution is -0.240. The molecule has 0 saturated heterocycles. The molecule has 1 aliphatic heterocycles. The normalized spacial score (nSPS) is 20.5. The molecule has 0 radical (unpaired) electrons. The molecule has 1 aromatic carbocycles. The standard InChI is InChI=1S/C19H19F3N2O2/c1-12-4-6-13(7-5-12)15-9-8-14-10-18(17(25)26-3,19(20,21)22)24(2)11-16(14)23-15/h4-9H,10-11H2,1-3H3. The molecule has 7 heteroatoms. The minimum absolute atomic E-state index is 0.0936. The zero-order valence-corrected chi connectivity index (χ0v) is 14.7. The summed E-state index contributed by atoms with van der Waals surface area (Å²) in [5.41, 5.74) is 0.939. The third kappa shape index (κ3) is 2.86. The molecule has 2 heterocycles. The number of nitrogens with zero attached hydrogens (tertiary/aromatic N) is 2. The molecule has 0 bridgehead atoms. The number of aryl methyl sites for hydroxylation is 1. The van der Waals surface area contributed by atoms with Gasteiger partial charge in [0.25, 0.3) is 0 Å². The van der Waals surface area contributed by atoms with Crippen LogP contribution in [0, 0.1) is 6.92 Å². The Balaban J connectivity index is 2.03. The van der Waals surface area contributed by atoms with Crippen molar-refractivity contribution in [2.24, 2.45) is 0 Å². The molecule has 0 spiro atoms. The van der Waals surface area contributed by atoms with Crippen molar-refractivity contribution in [3.8, 4) is 11.3 Å². The van der Waals surface area contributed by atoms with Crippen molar-refractivity contribution >= 4 is 5.97 Å². The second-order valence-electron chi connectivity index (χ2n) is 6.55. The van der Waals surface area contributed by atoms with Gasteiger partial charge in [0.2, 0.25) is 5.54 Å². The zero-order chi connectivity index (χ0) is 19.1. The second kappa shape index (κ2) is 6.39. The van der Waals surface area contributed by atoms with Crippen LogP contribution in [0.1, 0.15) is 16.8 Å². The van der Waals surface area contributed by atoms with Crippen LogP contribution in [0.25, 0.3) is 11.3 Å². The summed E-state index contributed by atoms with van der Waals surface area (Å²) < 4.78 is 45.9. The van der Waals surface area contributed by atoms with Crippen LogP contribution in [-0.4, -0.2) is 41.7 Å². The fourth-order valence-corrected chi connectivity index (χ4v) is 3.31. The average Bonchev–Trinajstić information content (AvgIpc) is 2.59. The molecule has 0 saturated carbocycles. The van der Waals surface area contributed by atoms with Crippen molar-refractivity contribution in [2.45, 2.75) is 31.6 Å². The SMILES string of the molecule is COC(=O)C1(C(F)(F)F)Cc2ccc(-c3ccc(C)cc3)nc2CN1C. The summed E-state index contributed by atoms with van der Waals surface area (Å²) in [6.45, 7) is 1.88. The summed E-state index contributed by atoms with van der Waals surface area (Å²) in [6, 6.07) is 11.1. The maximum Gasteiger partial charge on any atom is 0.417 e. The number of benzene rings is 1. The van der Waals surface area contributed by atoms with Crippen LogP contribution in [0.4, 0.5) is 13.2 Å². The molecule has 0 N–H and O–H groups in total. The molecule has 1 unspecified atom stereocenters. The van der Waals surface area contributed by atoms with Gasteiger partial charge in [-0.15, -0.1) is 0 Å². The third-order valence-corrected chi connectivity index (χ3v) is 4.89. The second-order valence-corrected chi connectivity index (χ2v) is 6.55. The van der Waals surface area contributed by atoms with Crippen LogP contribution in [0.5, 0.6) is 0 Å². The van der Waals surface area contributed by atoms with E-state index in [-0.39, 0.29) is 6.54 Å². The van der Waals surface area contributed by atoms with E-state index in [4.69, 9.17) is 0 Å². The topological polar surface area (TPSA) is 42.4 Å². The van der Waals surface area contributed by atoms with E-state index in [1.54, 1.807) is 12.1 Å². The van der Waals surface area contributed by atoms with Gasteiger partial charge in [-0.2, -0.15) is 13.2 Å². The largest absolute Gasteiger partial charge is 0.467 e. The molecule has 0 aliphatic carbocycles. The van der Waals surface area contributed by atoms with Crippen LogP contribution < -0.4 is 0 Å². The highest BCUT2D eigenvalue weighted by atomic mass is 19.4. The number of hydrogen-bond donors (Lipinski definition) is 0. The van der Waals surface area contributed by atoms with Gasteiger partial charge >= 0.3 is 12.1 Å². The van der Waals surface area contributed by atoms with Gasteiger partial charge in [-0.3, -0.25) is 9.88 Å². The van der Waals surface area contributed by atoms with E-state index in [2.05, 4.69) is 9.72 Å². The molecular formula is C19H19F3N2O2. The Kier molecular flexibility index (Phi) is 4.52. The van der Waals surface area contributed by atoms with Gasteiger partial charge in [-0.25, -0.2) is 4.79 Å². The van der Waals surface area contributed by atoms with Crippen molar-refractivity contribution in [1.29, 1.82) is 0 Å². The van der Waals surface area contributed by atoms with Gasteiger partial charge in [0.1, 0.15) is 0 Å². The molecule has 3 rings (SSSR count). The summed E-state index contributed by atoms with van der Waals surface area (Å²) in [7, 11) is 2.24. The van der Waals surface area contributed by atoms with E-state index in [1.807, 2.05) is 31.2 Å². The maximum absolute atomic E-state index is 13.8. The third-order valence-electron chi connectivity index (χ3n) is 4.89. The molecule has 4 nitrogen and oxygen atoms in total. The monoisotopic (exact) mass is 364 g/mol. The summed E-state index contributed by atoms with van der Waals surface area (Å²) in [5, 5.41) is 0. The Morgan fingerprint density at radius 1 is 1.19 bits per heavy atom. The lowest BCUT2D eigenvalue weighted by Gasteiger charge is -2.43. The van der Waals surface area contributed by atoms with Gasteiger partial charge in [0.15, 0.2) is 0 Å². The number of likely N-dealkylation sites (N-methyl/N-ethyl adjacent to an activating group) is 1.